The quantitative estimate of drug-likeness (QED) is 0.620. The molecule has 0 rings (SSSR count). The fourth-order valence-electron chi connectivity index (χ4n) is 1.05. The summed E-state index contributed by atoms with van der Waals surface area (Å²) in [6.45, 7) is 2.40. The summed E-state index contributed by atoms with van der Waals surface area (Å²) in [5.74, 6) is -0.892. The number of amides is 1. The Hall–Kier alpha value is -0.620. The molecule has 0 aliphatic heterocycles. The first-order chi connectivity index (χ1) is 6.35. The Bertz CT molecular complexity index is 274. The van der Waals surface area contributed by atoms with Crippen LogP contribution in [0.3, 0.4) is 0 Å². The van der Waals surface area contributed by atoms with Crippen molar-refractivity contribution in [3.63, 3.8) is 0 Å². The van der Waals surface area contributed by atoms with Crippen molar-refractivity contribution in [1.82, 2.24) is 5.32 Å². The molecule has 84 valence electrons. The van der Waals surface area contributed by atoms with E-state index < -0.39 is 21.5 Å². The van der Waals surface area contributed by atoms with E-state index in [9.17, 15) is 13.2 Å². The van der Waals surface area contributed by atoms with Gasteiger partial charge in [0, 0.05) is 12.3 Å². The summed E-state index contributed by atoms with van der Waals surface area (Å²) in [5.41, 5.74) is 5.30. The SMILES string of the molecule is CC(CCCN)NC(=O)CS(C)(=O)=O. The summed E-state index contributed by atoms with van der Waals surface area (Å²) in [5, 5.41) is 2.60. The first kappa shape index (κ1) is 13.4. The van der Waals surface area contributed by atoms with Gasteiger partial charge in [-0.2, -0.15) is 0 Å². The van der Waals surface area contributed by atoms with Crippen molar-refractivity contribution in [1.29, 1.82) is 0 Å². The van der Waals surface area contributed by atoms with Crippen LogP contribution >= 0.6 is 0 Å². The van der Waals surface area contributed by atoms with Gasteiger partial charge in [-0.3, -0.25) is 4.79 Å². The smallest absolute Gasteiger partial charge is 0.235 e. The highest BCUT2D eigenvalue weighted by Gasteiger charge is 2.12. The first-order valence-electron chi connectivity index (χ1n) is 4.52. The van der Waals surface area contributed by atoms with E-state index in [0.29, 0.717) is 6.54 Å². The number of carbonyl (C=O) groups excluding carboxylic acids is 1. The lowest BCUT2D eigenvalue weighted by atomic mass is 10.2. The molecule has 0 aromatic heterocycles. The van der Waals surface area contributed by atoms with Crippen molar-refractivity contribution < 1.29 is 13.2 Å². The summed E-state index contributed by atoms with van der Waals surface area (Å²) in [6, 6.07) is -0.0206. The van der Waals surface area contributed by atoms with Gasteiger partial charge in [0.25, 0.3) is 0 Å². The average Bonchev–Trinajstić information content (AvgIpc) is 1.96. The number of hydrogen-bond acceptors (Lipinski definition) is 4. The van der Waals surface area contributed by atoms with Crippen molar-refractivity contribution in [2.45, 2.75) is 25.8 Å². The van der Waals surface area contributed by atoms with E-state index in [4.69, 9.17) is 5.73 Å². The Labute approximate surface area is 85.0 Å². The Morgan fingerprint density at radius 2 is 2.07 bits per heavy atom. The number of carbonyl (C=O) groups is 1. The second-order valence-corrected chi connectivity index (χ2v) is 5.61. The maximum Gasteiger partial charge on any atom is 0.235 e. The fourth-order valence-corrected chi connectivity index (χ4v) is 1.61. The molecule has 0 saturated heterocycles. The molecule has 1 atom stereocenters. The third kappa shape index (κ3) is 8.00. The molecule has 0 heterocycles. The maximum atomic E-state index is 11.1. The molecule has 0 bridgehead atoms. The van der Waals surface area contributed by atoms with E-state index in [2.05, 4.69) is 5.32 Å². The number of nitrogens with one attached hydrogen (secondary N) is 1. The number of hydrogen-bond donors (Lipinski definition) is 2. The molecule has 5 nitrogen and oxygen atoms in total. The lowest BCUT2D eigenvalue weighted by molar-refractivity contribution is -0.119. The number of nitrogens with two attached hydrogens (primary N) is 1. The zero-order chi connectivity index (χ0) is 11.2. The van der Waals surface area contributed by atoms with Gasteiger partial charge in [-0.1, -0.05) is 0 Å². The van der Waals surface area contributed by atoms with E-state index in [1.807, 2.05) is 6.92 Å². The van der Waals surface area contributed by atoms with E-state index in [1.54, 1.807) is 0 Å². The van der Waals surface area contributed by atoms with Crippen LogP contribution in [0.5, 0.6) is 0 Å². The molecule has 1 unspecified atom stereocenters. The van der Waals surface area contributed by atoms with Crippen molar-refractivity contribution >= 4 is 15.7 Å². The van der Waals surface area contributed by atoms with Gasteiger partial charge in [0.15, 0.2) is 9.84 Å². The second kappa shape index (κ2) is 5.98. The minimum absolute atomic E-state index is 0.0206. The molecule has 0 aromatic rings. The average molecular weight is 222 g/mol. The van der Waals surface area contributed by atoms with Gasteiger partial charge < -0.3 is 11.1 Å². The predicted octanol–water partition coefficient (Wildman–Crippen LogP) is -0.725. The molecule has 0 fully saturated rings. The monoisotopic (exact) mass is 222 g/mol. The molecule has 3 N–H and O–H groups in total. The highest BCUT2D eigenvalue weighted by Crippen LogP contribution is 1.94. The van der Waals surface area contributed by atoms with Crippen molar-refractivity contribution in [3.8, 4) is 0 Å². The zero-order valence-electron chi connectivity index (χ0n) is 8.62. The largest absolute Gasteiger partial charge is 0.353 e. The van der Waals surface area contributed by atoms with Crippen LogP contribution < -0.4 is 11.1 Å². The summed E-state index contributed by atoms with van der Waals surface area (Å²) in [7, 11) is -3.23. The van der Waals surface area contributed by atoms with Gasteiger partial charge in [0.1, 0.15) is 5.75 Å². The van der Waals surface area contributed by atoms with Crippen LogP contribution in [-0.2, 0) is 14.6 Å². The van der Waals surface area contributed by atoms with Crippen LogP contribution in [0, 0.1) is 0 Å². The highest BCUT2D eigenvalue weighted by atomic mass is 32.2. The molecule has 6 heteroatoms. The summed E-state index contributed by atoms with van der Waals surface area (Å²) in [6.07, 6.45) is 2.63. The first-order valence-corrected chi connectivity index (χ1v) is 6.58. The van der Waals surface area contributed by atoms with E-state index in [-0.39, 0.29) is 6.04 Å². The van der Waals surface area contributed by atoms with Crippen molar-refractivity contribution in [2.75, 3.05) is 18.6 Å². The topological polar surface area (TPSA) is 89.3 Å². The molecule has 0 aliphatic rings. The summed E-state index contributed by atoms with van der Waals surface area (Å²) in [4.78, 5) is 11.1. The highest BCUT2D eigenvalue weighted by molar-refractivity contribution is 7.91. The Morgan fingerprint density at radius 1 is 1.50 bits per heavy atom. The van der Waals surface area contributed by atoms with Crippen LogP contribution in [0.4, 0.5) is 0 Å². The second-order valence-electron chi connectivity index (χ2n) is 3.47. The van der Waals surface area contributed by atoms with Gasteiger partial charge >= 0.3 is 0 Å². The van der Waals surface area contributed by atoms with Gasteiger partial charge in [-0.15, -0.1) is 0 Å². The minimum atomic E-state index is -3.23. The predicted molar refractivity (Wildman–Crippen MR) is 55.6 cm³/mol. The molecule has 0 aliphatic carbocycles. The van der Waals surface area contributed by atoms with Crippen molar-refractivity contribution in [2.24, 2.45) is 5.73 Å². The van der Waals surface area contributed by atoms with E-state index in [1.165, 1.54) is 0 Å². The number of sulfone groups is 1. The third-order valence-electron chi connectivity index (χ3n) is 1.64. The third-order valence-corrected chi connectivity index (χ3v) is 2.43. The molecule has 0 spiro atoms. The molecule has 0 radical (unpaired) electrons. The van der Waals surface area contributed by atoms with Crippen LogP contribution in [0.1, 0.15) is 19.8 Å². The fraction of sp³-hybridized carbons (Fsp3) is 0.875. The van der Waals surface area contributed by atoms with Gasteiger partial charge in [0.05, 0.1) is 0 Å². The molecule has 14 heavy (non-hydrogen) atoms. The van der Waals surface area contributed by atoms with Crippen LogP contribution in [0.2, 0.25) is 0 Å². The zero-order valence-corrected chi connectivity index (χ0v) is 9.43. The van der Waals surface area contributed by atoms with Crippen LogP contribution in [-0.4, -0.2) is 38.9 Å². The molecular weight excluding hydrogens is 204 g/mol. The van der Waals surface area contributed by atoms with Crippen LogP contribution in [0.25, 0.3) is 0 Å². The van der Waals surface area contributed by atoms with Gasteiger partial charge in [-0.25, -0.2) is 8.42 Å². The summed E-state index contributed by atoms with van der Waals surface area (Å²) < 4.78 is 21.5. The molecule has 1 amide bonds. The van der Waals surface area contributed by atoms with E-state index >= 15 is 0 Å². The lowest BCUT2D eigenvalue weighted by Gasteiger charge is -2.12. The molecule has 0 saturated carbocycles. The van der Waals surface area contributed by atoms with Gasteiger partial charge in [0.2, 0.25) is 5.91 Å². The Balaban J connectivity index is 3.83. The van der Waals surface area contributed by atoms with Crippen molar-refractivity contribution in [3.05, 3.63) is 0 Å². The molecule has 0 aromatic carbocycles. The maximum absolute atomic E-state index is 11.1. The standard InChI is InChI=1S/C8H18N2O3S/c1-7(4-3-5-9)10-8(11)6-14(2,12)13/h7H,3-6,9H2,1-2H3,(H,10,11). The minimum Gasteiger partial charge on any atom is -0.353 e. The van der Waals surface area contributed by atoms with E-state index in [0.717, 1.165) is 19.1 Å². The van der Waals surface area contributed by atoms with Gasteiger partial charge in [-0.05, 0) is 26.3 Å². The number of rotatable bonds is 6. The van der Waals surface area contributed by atoms with Crippen LogP contribution in [0.15, 0.2) is 0 Å². The summed E-state index contributed by atoms with van der Waals surface area (Å²) >= 11 is 0. The normalized spacial score (nSPS) is 13.6. The Morgan fingerprint density at radius 3 is 2.50 bits per heavy atom. The Kier molecular flexibility index (Phi) is 5.71. The molecular formula is C8H18N2O3S. The lowest BCUT2D eigenvalue weighted by Crippen LogP contribution is -2.36.